The molecule has 1 atom stereocenters. The first-order chi connectivity index (χ1) is 10.7. The Morgan fingerprint density at radius 3 is 2.55 bits per heavy atom. The maximum atomic E-state index is 13.1. The van der Waals surface area contributed by atoms with Crippen LogP contribution in [0.15, 0.2) is 59.6 Å². The minimum absolute atomic E-state index is 0.240. The Labute approximate surface area is 130 Å². The van der Waals surface area contributed by atoms with Gasteiger partial charge in [0.05, 0.1) is 5.69 Å². The smallest absolute Gasteiger partial charge is 0.136 e. The highest BCUT2D eigenvalue weighted by atomic mass is 19.1. The van der Waals surface area contributed by atoms with Crippen molar-refractivity contribution >= 4 is 11.5 Å². The highest BCUT2D eigenvalue weighted by Crippen LogP contribution is 2.17. The number of rotatable bonds is 2. The fourth-order valence-electron chi connectivity index (χ4n) is 2.67. The van der Waals surface area contributed by atoms with E-state index in [1.54, 1.807) is 12.1 Å². The van der Waals surface area contributed by atoms with Crippen molar-refractivity contribution in [1.29, 1.82) is 0 Å². The lowest BCUT2D eigenvalue weighted by Crippen LogP contribution is -2.51. The molecule has 0 spiro atoms. The number of hydrogen-bond donors (Lipinski definition) is 1. The molecular formula is C18H20FN3. The predicted octanol–water partition coefficient (Wildman–Crippen LogP) is 3.20. The second-order valence-electron chi connectivity index (χ2n) is 5.58. The number of benzene rings is 2. The Bertz CT molecular complexity index is 637. The van der Waals surface area contributed by atoms with Crippen LogP contribution in [-0.4, -0.2) is 36.4 Å². The molecule has 0 aromatic heterocycles. The fraction of sp³-hybridized carbons (Fsp3) is 0.278. The zero-order valence-electron chi connectivity index (χ0n) is 12.7. The Balaban J connectivity index is 1.97. The van der Waals surface area contributed by atoms with Crippen molar-refractivity contribution in [3.8, 4) is 0 Å². The SMILES string of the molecule is CC1CN(C(=Nc2ccc(F)cc2)c2ccccc2)CCN1. The molecule has 0 saturated carbocycles. The molecule has 0 bridgehead atoms. The fourth-order valence-corrected chi connectivity index (χ4v) is 2.67. The van der Waals surface area contributed by atoms with E-state index in [1.807, 2.05) is 18.2 Å². The molecule has 1 heterocycles. The molecule has 4 heteroatoms. The number of nitrogens with one attached hydrogen (secondary N) is 1. The number of aliphatic imine (C=N–C) groups is 1. The number of hydrogen-bond acceptors (Lipinski definition) is 2. The topological polar surface area (TPSA) is 27.6 Å². The van der Waals surface area contributed by atoms with Gasteiger partial charge in [0.25, 0.3) is 0 Å². The lowest BCUT2D eigenvalue weighted by Gasteiger charge is -2.34. The minimum Gasteiger partial charge on any atom is -0.353 e. The summed E-state index contributed by atoms with van der Waals surface area (Å²) in [6, 6.07) is 16.9. The summed E-state index contributed by atoms with van der Waals surface area (Å²) in [5, 5.41) is 3.44. The summed E-state index contributed by atoms with van der Waals surface area (Å²) in [7, 11) is 0. The largest absolute Gasteiger partial charge is 0.353 e. The van der Waals surface area contributed by atoms with Crippen LogP contribution in [0.3, 0.4) is 0 Å². The van der Waals surface area contributed by atoms with Crippen molar-refractivity contribution in [2.45, 2.75) is 13.0 Å². The van der Waals surface area contributed by atoms with Crippen molar-refractivity contribution in [3.05, 3.63) is 66.0 Å². The average molecular weight is 297 g/mol. The van der Waals surface area contributed by atoms with Gasteiger partial charge >= 0.3 is 0 Å². The van der Waals surface area contributed by atoms with Crippen LogP contribution in [0, 0.1) is 5.82 Å². The minimum atomic E-state index is -0.240. The van der Waals surface area contributed by atoms with E-state index >= 15 is 0 Å². The van der Waals surface area contributed by atoms with Gasteiger partial charge in [-0.25, -0.2) is 9.38 Å². The van der Waals surface area contributed by atoms with E-state index in [2.05, 4.69) is 29.3 Å². The highest BCUT2D eigenvalue weighted by molar-refractivity contribution is 6.00. The zero-order valence-corrected chi connectivity index (χ0v) is 12.7. The monoisotopic (exact) mass is 297 g/mol. The van der Waals surface area contributed by atoms with E-state index in [1.165, 1.54) is 12.1 Å². The molecule has 1 aliphatic heterocycles. The van der Waals surface area contributed by atoms with Crippen LogP contribution in [0.5, 0.6) is 0 Å². The predicted molar refractivity (Wildman–Crippen MR) is 88.1 cm³/mol. The van der Waals surface area contributed by atoms with Crippen molar-refractivity contribution in [2.75, 3.05) is 19.6 Å². The van der Waals surface area contributed by atoms with Gasteiger partial charge in [0.1, 0.15) is 11.7 Å². The van der Waals surface area contributed by atoms with Crippen molar-refractivity contribution in [3.63, 3.8) is 0 Å². The van der Waals surface area contributed by atoms with E-state index in [0.29, 0.717) is 6.04 Å². The normalized spacial score (nSPS) is 19.3. The molecule has 1 unspecified atom stereocenters. The van der Waals surface area contributed by atoms with Gasteiger partial charge in [-0.1, -0.05) is 30.3 Å². The molecule has 2 aromatic rings. The number of nitrogens with zero attached hydrogens (tertiary/aromatic N) is 2. The molecule has 22 heavy (non-hydrogen) atoms. The summed E-state index contributed by atoms with van der Waals surface area (Å²) in [6.45, 7) is 4.94. The average Bonchev–Trinajstić information content (AvgIpc) is 2.55. The summed E-state index contributed by atoms with van der Waals surface area (Å²) in [6.07, 6.45) is 0. The molecule has 1 saturated heterocycles. The summed E-state index contributed by atoms with van der Waals surface area (Å²) >= 11 is 0. The third-order valence-electron chi connectivity index (χ3n) is 3.76. The van der Waals surface area contributed by atoms with Crippen molar-refractivity contribution in [2.24, 2.45) is 4.99 Å². The van der Waals surface area contributed by atoms with Crippen LogP contribution in [-0.2, 0) is 0 Å². The second-order valence-corrected chi connectivity index (χ2v) is 5.58. The molecule has 1 N–H and O–H groups in total. The molecule has 2 aromatic carbocycles. The first kappa shape index (κ1) is 14.7. The van der Waals surface area contributed by atoms with Gasteiger partial charge < -0.3 is 10.2 Å². The standard InChI is InChI=1S/C18H20FN3/c1-14-13-22(12-11-20-14)18(15-5-3-2-4-6-15)21-17-9-7-16(19)8-10-17/h2-10,14,20H,11-13H2,1H3. The van der Waals surface area contributed by atoms with Gasteiger partial charge in [-0.3, -0.25) is 0 Å². The van der Waals surface area contributed by atoms with Gasteiger partial charge in [-0.2, -0.15) is 0 Å². The lowest BCUT2D eigenvalue weighted by atomic mass is 10.1. The lowest BCUT2D eigenvalue weighted by molar-refractivity contribution is 0.304. The van der Waals surface area contributed by atoms with E-state index in [9.17, 15) is 4.39 Å². The van der Waals surface area contributed by atoms with E-state index in [-0.39, 0.29) is 5.82 Å². The quantitative estimate of drug-likeness (QED) is 0.681. The molecule has 114 valence electrons. The number of halogens is 1. The number of amidine groups is 1. The maximum Gasteiger partial charge on any atom is 0.136 e. The maximum absolute atomic E-state index is 13.1. The summed E-state index contributed by atoms with van der Waals surface area (Å²) in [5.74, 6) is 0.705. The van der Waals surface area contributed by atoms with Crippen LogP contribution in [0.4, 0.5) is 10.1 Å². The summed E-state index contributed by atoms with van der Waals surface area (Å²) in [5.41, 5.74) is 1.85. The molecule has 3 nitrogen and oxygen atoms in total. The molecule has 1 aliphatic rings. The van der Waals surface area contributed by atoms with Gasteiger partial charge in [0, 0.05) is 31.2 Å². The Kier molecular flexibility index (Phi) is 4.49. The van der Waals surface area contributed by atoms with Crippen molar-refractivity contribution in [1.82, 2.24) is 10.2 Å². The molecule has 0 radical (unpaired) electrons. The molecular weight excluding hydrogens is 277 g/mol. The zero-order chi connectivity index (χ0) is 15.4. The highest BCUT2D eigenvalue weighted by Gasteiger charge is 2.20. The van der Waals surface area contributed by atoms with Crippen LogP contribution in [0.1, 0.15) is 12.5 Å². The van der Waals surface area contributed by atoms with E-state index in [0.717, 1.165) is 36.7 Å². The van der Waals surface area contributed by atoms with Crippen molar-refractivity contribution < 1.29 is 4.39 Å². The Morgan fingerprint density at radius 2 is 1.86 bits per heavy atom. The first-order valence-corrected chi connectivity index (χ1v) is 7.60. The van der Waals surface area contributed by atoms with E-state index in [4.69, 9.17) is 4.99 Å². The number of piperazine rings is 1. The van der Waals surface area contributed by atoms with Crippen LogP contribution < -0.4 is 5.32 Å². The molecule has 3 rings (SSSR count). The summed E-state index contributed by atoms with van der Waals surface area (Å²) in [4.78, 5) is 7.07. The van der Waals surface area contributed by atoms with Crippen LogP contribution in [0.25, 0.3) is 0 Å². The van der Waals surface area contributed by atoms with E-state index < -0.39 is 0 Å². The molecule has 1 fully saturated rings. The van der Waals surface area contributed by atoms with Crippen LogP contribution in [0.2, 0.25) is 0 Å². The molecule has 0 aliphatic carbocycles. The molecule has 0 amide bonds. The van der Waals surface area contributed by atoms with Crippen LogP contribution >= 0.6 is 0 Å². The summed E-state index contributed by atoms with van der Waals surface area (Å²) < 4.78 is 13.1. The first-order valence-electron chi connectivity index (χ1n) is 7.60. The third-order valence-corrected chi connectivity index (χ3v) is 3.76. The Morgan fingerprint density at radius 1 is 1.14 bits per heavy atom. The second kappa shape index (κ2) is 6.71. The van der Waals surface area contributed by atoms with Gasteiger partial charge in [0.2, 0.25) is 0 Å². The van der Waals surface area contributed by atoms with Gasteiger partial charge in [-0.05, 0) is 31.2 Å². The van der Waals surface area contributed by atoms with Gasteiger partial charge in [-0.15, -0.1) is 0 Å². The third kappa shape index (κ3) is 3.52. The Hall–Kier alpha value is -2.20. The van der Waals surface area contributed by atoms with Gasteiger partial charge in [0.15, 0.2) is 0 Å².